The Hall–Kier alpha value is -2.87. The summed E-state index contributed by atoms with van der Waals surface area (Å²) in [6.45, 7) is 4.96. The molecule has 1 aliphatic heterocycles. The van der Waals surface area contributed by atoms with Crippen molar-refractivity contribution in [2.45, 2.75) is 37.6 Å². The third kappa shape index (κ3) is 6.17. The van der Waals surface area contributed by atoms with Gasteiger partial charge in [-0.2, -0.15) is 0 Å². The number of rotatable bonds is 7. The van der Waals surface area contributed by atoms with Crippen LogP contribution in [0.25, 0.3) is 0 Å². The van der Waals surface area contributed by atoms with E-state index < -0.39 is 10.0 Å². The Morgan fingerprint density at radius 1 is 0.941 bits per heavy atom. The fraction of sp³-hybridized carbons (Fsp3) is 0.269. The molecule has 4 rings (SSSR count). The summed E-state index contributed by atoms with van der Waals surface area (Å²) in [4.78, 5) is 15.2. The highest BCUT2D eigenvalue weighted by molar-refractivity contribution is 7.92. The number of halogens is 1. The standard InChI is InChI=1S/C26H28ClN3O3S/c1-19-5-10-22(27)17-25(19)29-34(32,33)24-13-11-23(12-14-24)28-26(31)21-8-6-20(7-9-21)18-30-15-3-2-4-16-30/h5-14,17,29H,2-4,15-16,18H2,1H3,(H,28,31). The quantitative estimate of drug-likeness (QED) is 0.439. The fourth-order valence-electron chi connectivity index (χ4n) is 3.97. The number of hydrogen-bond acceptors (Lipinski definition) is 4. The number of nitrogens with one attached hydrogen (secondary N) is 2. The first-order valence-electron chi connectivity index (χ1n) is 11.3. The van der Waals surface area contributed by atoms with Crippen molar-refractivity contribution in [3.8, 4) is 0 Å². The number of hydrogen-bond donors (Lipinski definition) is 2. The van der Waals surface area contributed by atoms with Crippen molar-refractivity contribution in [1.29, 1.82) is 0 Å². The van der Waals surface area contributed by atoms with E-state index in [1.165, 1.54) is 37.0 Å². The summed E-state index contributed by atoms with van der Waals surface area (Å²) < 4.78 is 28.1. The van der Waals surface area contributed by atoms with Crippen LogP contribution in [0.2, 0.25) is 5.02 Å². The molecule has 178 valence electrons. The largest absolute Gasteiger partial charge is 0.322 e. The predicted molar refractivity (Wildman–Crippen MR) is 137 cm³/mol. The molecule has 3 aromatic carbocycles. The van der Waals surface area contributed by atoms with Crippen molar-refractivity contribution in [2.24, 2.45) is 0 Å². The molecule has 0 radical (unpaired) electrons. The highest BCUT2D eigenvalue weighted by Crippen LogP contribution is 2.24. The molecule has 1 fully saturated rings. The minimum Gasteiger partial charge on any atom is -0.322 e. The number of nitrogens with zero attached hydrogens (tertiary/aromatic N) is 1. The Labute approximate surface area is 206 Å². The monoisotopic (exact) mass is 497 g/mol. The fourth-order valence-corrected chi connectivity index (χ4v) is 5.26. The SMILES string of the molecule is Cc1ccc(Cl)cc1NS(=O)(=O)c1ccc(NC(=O)c2ccc(CN3CCCCC3)cc2)cc1. The molecule has 2 N–H and O–H groups in total. The van der Waals surface area contributed by atoms with E-state index in [9.17, 15) is 13.2 Å². The second kappa shape index (κ2) is 10.6. The van der Waals surface area contributed by atoms with E-state index in [0.29, 0.717) is 22.0 Å². The number of likely N-dealkylation sites (tertiary alicyclic amines) is 1. The van der Waals surface area contributed by atoms with Crippen LogP contribution in [0.5, 0.6) is 0 Å². The van der Waals surface area contributed by atoms with Crippen molar-refractivity contribution < 1.29 is 13.2 Å². The van der Waals surface area contributed by atoms with Crippen LogP contribution in [0.15, 0.2) is 71.6 Å². The maximum atomic E-state index is 12.7. The summed E-state index contributed by atoms with van der Waals surface area (Å²) >= 11 is 5.99. The van der Waals surface area contributed by atoms with Crippen LogP contribution in [0.1, 0.15) is 40.7 Å². The van der Waals surface area contributed by atoms with E-state index >= 15 is 0 Å². The highest BCUT2D eigenvalue weighted by Gasteiger charge is 2.16. The van der Waals surface area contributed by atoms with Gasteiger partial charge in [-0.25, -0.2) is 8.42 Å². The molecule has 0 saturated carbocycles. The number of benzene rings is 3. The molecule has 0 spiro atoms. The van der Waals surface area contributed by atoms with Gasteiger partial charge in [0.15, 0.2) is 0 Å². The van der Waals surface area contributed by atoms with Gasteiger partial charge in [0.05, 0.1) is 10.6 Å². The van der Waals surface area contributed by atoms with E-state index in [4.69, 9.17) is 11.6 Å². The summed E-state index contributed by atoms with van der Waals surface area (Å²) in [6.07, 6.45) is 3.80. The van der Waals surface area contributed by atoms with Crippen LogP contribution in [-0.2, 0) is 16.6 Å². The maximum absolute atomic E-state index is 12.7. The molecule has 8 heteroatoms. The van der Waals surface area contributed by atoms with Crippen molar-refractivity contribution in [3.63, 3.8) is 0 Å². The Morgan fingerprint density at radius 2 is 1.62 bits per heavy atom. The van der Waals surface area contributed by atoms with Gasteiger partial charge in [0.25, 0.3) is 15.9 Å². The zero-order valence-electron chi connectivity index (χ0n) is 19.1. The van der Waals surface area contributed by atoms with Gasteiger partial charge in [-0.15, -0.1) is 0 Å². The average molecular weight is 498 g/mol. The zero-order valence-corrected chi connectivity index (χ0v) is 20.6. The van der Waals surface area contributed by atoms with Crippen LogP contribution in [0, 0.1) is 6.92 Å². The van der Waals surface area contributed by atoms with Gasteiger partial charge in [0.2, 0.25) is 0 Å². The number of piperidine rings is 1. The number of carbonyl (C=O) groups is 1. The number of aryl methyl sites for hydroxylation is 1. The van der Waals surface area contributed by atoms with Gasteiger partial charge in [-0.05, 0) is 92.5 Å². The van der Waals surface area contributed by atoms with E-state index in [1.807, 2.05) is 24.3 Å². The molecule has 0 atom stereocenters. The minimum atomic E-state index is -3.79. The second-order valence-electron chi connectivity index (χ2n) is 8.58. The highest BCUT2D eigenvalue weighted by atomic mass is 35.5. The zero-order chi connectivity index (χ0) is 24.1. The summed E-state index contributed by atoms with van der Waals surface area (Å²) in [6, 6.07) is 18.7. The molecule has 0 bridgehead atoms. The summed E-state index contributed by atoms with van der Waals surface area (Å²) in [5, 5.41) is 3.27. The third-order valence-corrected chi connectivity index (χ3v) is 7.55. The van der Waals surface area contributed by atoms with Gasteiger partial charge in [0, 0.05) is 22.8 Å². The van der Waals surface area contributed by atoms with Gasteiger partial charge in [-0.3, -0.25) is 14.4 Å². The Bertz CT molecular complexity index is 1250. The summed E-state index contributed by atoms with van der Waals surface area (Å²) in [5.41, 5.74) is 3.44. The molecule has 0 aliphatic carbocycles. The first-order valence-corrected chi connectivity index (χ1v) is 13.2. The van der Waals surface area contributed by atoms with Gasteiger partial charge >= 0.3 is 0 Å². The lowest BCUT2D eigenvalue weighted by atomic mass is 10.1. The van der Waals surface area contributed by atoms with E-state index in [1.54, 1.807) is 37.3 Å². The van der Waals surface area contributed by atoms with Gasteiger partial charge < -0.3 is 5.32 Å². The molecule has 1 amide bonds. The molecular weight excluding hydrogens is 470 g/mol. The van der Waals surface area contributed by atoms with E-state index in [0.717, 1.165) is 25.2 Å². The van der Waals surface area contributed by atoms with Crippen molar-refractivity contribution in [3.05, 3.63) is 88.4 Å². The lowest BCUT2D eigenvalue weighted by molar-refractivity contribution is 0.102. The second-order valence-corrected chi connectivity index (χ2v) is 10.7. The van der Waals surface area contributed by atoms with Crippen LogP contribution >= 0.6 is 11.6 Å². The van der Waals surface area contributed by atoms with E-state index in [-0.39, 0.29) is 10.8 Å². The molecule has 34 heavy (non-hydrogen) atoms. The Morgan fingerprint density at radius 3 is 2.29 bits per heavy atom. The van der Waals surface area contributed by atoms with Crippen LogP contribution in [0.4, 0.5) is 11.4 Å². The average Bonchev–Trinajstić information content (AvgIpc) is 2.83. The van der Waals surface area contributed by atoms with Crippen LogP contribution in [0.3, 0.4) is 0 Å². The Balaban J connectivity index is 1.38. The number of anilines is 2. The molecule has 0 aromatic heterocycles. The first kappa shape index (κ1) is 24.3. The number of carbonyl (C=O) groups excluding carboxylic acids is 1. The Kier molecular flexibility index (Phi) is 7.56. The third-order valence-electron chi connectivity index (χ3n) is 5.94. The molecule has 1 heterocycles. The van der Waals surface area contributed by atoms with Crippen molar-refractivity contribution in [1.82, 2.24) is 4.90 Å². The number of sulfonamides is 1. The molecule has 1 aliphatic rings. The van der Waals surface area contributed by atoms with Crippen LogP contribution in [-0.4, -0.2) is 32.3 Å². The van der Waals surface area contributed by atoms with E-state index in [2.05, 4.69) is 14.9 Å². The van der Waals surface area contributed by atoms with Crippen LogP contribution < -0.4 is 10.0 Å². The van der Waals surface area contributed by atoms with Gasteiger partial charge in [0.1, 0.15) is 0 Å². The molecule has 0 unspecified atom stereocenters. The molecule has 3 aromatic rings. The normalized spacial score (nSPS) is 14.5. The first-order chi connectivity index (χ1) is 16.3. The maximum Gasteiger partial charge on any atom is 0.261 e. The molecular formula is C26H28ClN3O3S. The lowest BCUT2D eigenvalue weighted by Gasteiger charge is -2.26. The molecule has 1 saturated heterocycles. The summed E-state index contributed by atoms with van der Waals surface area (Å²) in [7, 11) is -3.79. The van der Waals surface area contributed by atoms with Gasteiger partial charge in [-0.1, -0.05) is 36.2 Å². The lowest BCUT2D eigenvalue weighted by Crippen LogP contribution is -2.29. The van der Waals surface area contributed by atoms with Crippen molar-refractivity contribution >= 4 is 38.9 Å². The van der Waals surface area contributed by atoms with Crippen molar-refractivity contribution in [2.75, 3.05) is 23.1 Å². The molecule has 6 nitrogen and oxygen atoms in total. The predicted octanol–water partition coefficient (Wildman–Crippen LogP) is 5.69. The number of amides is 1. The topological polar surface area (TPSA) is 78.5 Å². The minimum absolute atomic E-state index is 0.0898. The summed E-state index contributed by atoms with van der Waals surface area (Å²) in [5.74, 6) is -0.243. The smallest absolute Gasteiger partial charge is 0.261 e.